The maximum atomic E-state index is 12.8. The number of methoxy groups -OCH3 is 1. The average Bonchev–Trinajstić information content (AvgIpc) is 3.15. The van der Waals surface area contributed by atoms with Crippen molar-refractivity contribution in [1.82, 2.24) is 14.9 Å². The molecule has 0 bridgehead atoms. The number of amides is 1. The van der Waals surface area contributed by atoms with Gasteiger partial charge in [0.05, 0.1) is 24.9 Å². The van der Waals surface area contributed by atoms with Gasteiger partial charge in [-0.3, -0.25) is 4.79 Å². The summed E-state index contributed by atoms with van der Waals surface area (Å²) in [6.45, 7) is 1.22. The van der Waals surface area contributed by atoms with E-state index in [1.165, 1.54) is 11.3 Å². The number of anilines is 1. The largest absolute Gasteiger partial charge is 0.495 e. The Hall–Kier alpha value is -2.54. The molecule has 118 valence electrons. The molecule has 0 spiro atoms. The number of nitrogens with zero attached hydrogens (tertiary/aromatic N) is 2. The Bertz CT molecular complexity index is 899. The Morgan fingerprint density at radius 1 is 1.48 bits per heavy atom. The molecule has 23 heavy (non-hydrogen) atoms. The number of hydrogen-bond acceptors (Lipinski definition) is 5. The summed E-state index contributed by atoms with van der Waals surface area (Å²) < 4.78 is 5.34. The first-order chi connectivity index (χ1) is 11.2. The highest BCUT2D eigenvalue weighted by molar-refractivity contribution is 7.15. The third-order valence-corrected chi connectivity index (χ3v) is 5.01. The Morgan fingerprint density at radius 2 is 2.35 bits per heavy atom. The van der Waals surface area contributed by atoms with E-state index in [0.29, 0.717) is 23.9 Å². The fourth-order valence-electron chi connectivity index (χ4n) is 2.97. The van der Waals surface area contributed by atoms with E-state index in [2.05, 4.69) is 9.97 Å². The lowest BCUT2D eigenvalue weighted by Gasteiger charge is -2.25. The predicted molar refractivity (Wildman–Crippen MR) is 89.8 cm³/mol. The predicted octanol–water partition coefficient (Wildman–Crippen LogP) is 2.41. The maximum absolute atomic E-state index is 12.8. The number of aromatic nitrogens is 2. The fourth-order valence-corrected chi connectivity index (χ4v) is 3.87. The summed E-state index contributed by atoms with van der Waals surface area (Å²) >= 11 is 1.46. The topological polar surface area (TPSA) is 84.2 Å². The molecule has 3 heterocycles. The van der Waals surface area contributed by atoms with Gasteiger partial charge in [-0.2, -0.15) is 0 Å². The molecule has 1 aliphatic heterocycles. The van der Waals surface area contributed by atoms with Gasteiger partial charge < -0.3 is 20.4 Å². The molecule has 6 nitrogen and oxygen atoms in total. The highest BCUT2D eigenvalue weighted by Crippen LogP contribution is 2.29. The molecule has 0 aliphatic carbocycles. The van der Waals surface area contributed by atoms with E-state index in [1.807, 2.05) is 29.2 Å². The average molecular weight is 328 g/mol. The van der Waals surface area contributed by atoms with E-state index in [9.17, 15) is 4.79 Å². The van der Waals surface area contributed by atoms with E-state index in [4.69, 9.17) is 10.5 Å². The van der Waals surface area contributed by atoms with Gasteiger partial charge in [-0.05, 0) is 12.1 Å². The molecule has 0 fully saturated rings. The van der Waals surface area contributed by atoms with Crippen molar-refractivity contribution in [3.8, 4) is 5.75 Å². The molecule has 0 saturated heterocycles. The monoisotopic (exact) mass is 328 g/mol. The van der Waals surface area contributed by atoms with Crippen LogP contribution in [0.4, 0.5) is 5.13 Å². The molecule has 1 aromatic carbocycles. The van der Waals surface area contributed by atoms with Crippen molar-refractivity contribution >= 4 is 33.3 Å². The number of carbonyl (C=O) groups excluding carboxylic acids is 1. The molecule has 4 rings (SSSR count). The summed E-state index contributed by atoms with van der Waals surface area (Å²) in [5.41, 5.74) is 8.20. The zero-order chi connectivity index (χ0) is 16.0. The van der Waals surface area contributed by atoms with E-state index in [0.717, 1.165) is 33.6 Å². The zero-order valence-corrected chi connectivity index (χ0v) is 13.4. The van der Waals surface area contributed by atoms with Crippen molar-refractivity contribution < 1.29 is 9.53 Å². The van der Waals surface area contributed by atoms with Crippen molar-refractivity contribution in [2.24, 2.45) is 0 Å². The van der Waals surface area contributed by atoms with Crippen molar-refractivity contribution in [3.05, 3.63) is 40.5 Å². The second-order valence-corrected chi connectivity index (χ2v) is 6.62. The molecule has 7 heteroatoms. The molecule has 0 saturated carbocycles. The lowest BCUT2D eigenvalue weighted by Crippen LogP contribution is -2.35. The Kier molecular flexibility index (Phi) is 3.23. The van der Waals surface area contributed by atoms with Crippen molar-refractivity contribution in [2.45, 2.75) is 13.0 Å². The molecule has 1 amide bonds. The van der Waals surface area contributed by atoms with Gasteiger partial charge in [0, 0.05) is 23.2 Å². The van der Waals surface area contributed by atoms with E-state index >= 15 is 0 Å². The van der Waals surface area contributed by atoms with Crippen LogP contribution in [-0.4, -0.2) is 34.4 Å². The number of nitrogen functional groups attached to an aromatic ring is 1. The van der Waals surface area contributed by atoms with Crippen molar-refractivity contribution in [2.75, 3.05) is 19.4 Å². The highest BCUT2D eigenvalue weighted by atomic mass is 32.1. The summed E-state index contributed by atoms with van der Waals surface area (Å²) in [6.07, 6.45) is 0.748. The van der Waals surface area contributed by atoms with E-state index < -0.39 is 0 Å². The number of para-hydroxylation sites is 1. The van der Waals surface area contributed by atoms with Crippen LogP contribution in [0.3, 0.4) is 0 Å². The third kappa shape index (κ3) is 2.33. The van der Waals surface area contributed by atoms with E-state index in [-0.39, 0.29) is 5.91 Å². The molecule has 2 aromatic heterocycles. The molecule has 0 radical (unpaired) electrons. The summed E-state index contributed by atoms with van der Waals surface area (Å²) in [5.74, 6) is 0.721. The zero-order valence-electron chi connectivity index (χ0n) is 12.6. The highest BCUT2D eigenvalue weighted by Gasteiger charge is 2.25. The third-order valence-electron chi connectivity index (χ3n) is 4.10. The number of rotatable bonds is 2. The summed E-state index contributed by atoms with van der Waals surface area (Å²) in [4.78, 5) is 23.2. The molecule has 1 aliphatic rings. The van der Waals surface area contributed by atoms with Crippen LogP contribution in [0, 0.1) is 0 Å². The fraction of sp³-hybridized carbons (Fsp3) is 0.250. The number of hydrogen-bond donors (Lipinski definition) is 2. The van der Waals surface area contributed by atoms with Crippen molar-refractivity contribution in [1.29, 1.82) is 0 Å². The van der Waals surface area contributed by atoms with Crippen LogP contribution in [0.5, 0.6) is 5.75 Å². The Labute approximate surface area is 136 Å². The van der Waals surface area contributed by atoms with Crippen LogP contribution in [-0.2, 0) is 13.0 Å². The minimum Gasteiger partial charge on any atom is -0.495 e. The van der Waals surface area contributed by atoms with Gasteiger partial charge >= 0.3 is 0 Å². The second kappa shape index (κ2) is 5.27. The number of H-pyrrole nitrogens is 1. The molecule has 0 atom stereocenters. The summed E-state index contributed by atoms with van der Waals surface area (Å²) in [6, 6.07) is 7.62. The summed E-state index contributed by atoms with van der Waals surface area (Å²) in [7, 11) is 1.62. The number of ether oxygens (including phenoxy) is 1. The lowest BCUT2D eigenvalue weighted by atomic mass is 10.1. The van der Waals surface area contributed by atoms with Gasteiger partial charge in [-0.15, -0.1) is 11.3 Å². The number of aromatic amines is 1. The minimum atomic E-state index is -0.0131. The first kappa shape index (κ1) is 14.1. The number of thiazole rings is 1. The molecular weight excluding hydrogens is 312 g/mol. The lowest BCUT2D eigenvalue weighted by molar-refractivity contribution is 0.0731. The van der Waals surface area contributed by atoms with Crippen LogP contribution in [0.1, 0.15) is 21.1 Å². The standard InChI is InChI=1S/C16H16N4O2S/c1-22-12-4-2-3-9-7-11(18-14(9)12)15(21)20-6-5-10-13(8-20)23-16(17)19-10/h2-4,7,18H,5-6,8H2,1H3,(H2,17,19). The number of nitrogens with two attached hydrogens (primary N) is 1. The van der Waals surface area contributed by atoms with Gasteiger partial charge in [0.1, 0.15) is 11.4 Å². The van der Waals surface area contributed by atoms with Gasteiger partial charge in [0.25, 0.3) is 5.91 Å². The van der Waals surface area contributed by atoms with Crippen LogP contribution in [0.25, 0.3) is 10.9 Å². The molecule has 3 N–H and O–H groups in total. The van der Waals surface area contributed by atoms with Crippen molar-refractivity contribution in [3.63, 3.8) is 0 Å². The number of nitrogens with one attached hydrogen (secondary N) is 1. The first-order valence-corrected chi connectivity index (χ1v) is 8.16. The summed E-state index contributed by atoms with van der Waals surface area (Å²) in [5, 5.41) is 1.53. The van der Waals surface area contributed by atoms with Gasteiger partial charge in [-0.25, -0.2) is 4.98 Å². The van der Waals surface area contributed by atoms with Crippen LogP contribution >= 0.6 is 11.3 Å². The molecule has 0 unspecified atom stereocenters. The molecular formula is C16H16N4O2S. The van der Waals surface area contributed by atoms with Crippen LogP contribution in [0.2, 0.25) is 0 Å². The first-order valence-electron chi connectivity index (χ1n) is 7.35. The Balaban J connectivity index is 1.65. The van der Waals surface area contributed by atoms with Gasteiger partial charge in [0.2, 0.25) is 0 Å². The minimum absolute atomic E-state index is 0.0131. The van der Waals surface area contributed by atoms with Gasteiger partial charge in [0.15, 0.2) is 5.13 Å². The number of benzene rings is 1. The maximum Gasteiger partial charge on any atom is 0.270 e. The van der Waals surface area contributed by atoms with Crippen LogP contribution < -0.4 is 10.5 Å². The smallest absolute Gasteiger partial charge is 0.270 e. The quantitative estimate of drug-likeness (QED) is 0.756. The molecule has 3 aromatic rings. The van der Waals surface area contributed by atoms with Crippen LogP contribution in [0.15, 0.2) is 24.3 Å². The number of fused-ring (bicyclic) bond motifs is 2. The second-order valence-electron chi connectivity index (χ2n) is 5.51. The number of carbonyl (C=O) groups is 1. The normalized spacial score (nSPS) is 14.0. The van der Waals surface area contributed by atoms with Gasteiger partial charge in [-0.1, -0.05) is 12.1 Å². The Morgan fingerprint density at radius 3 is 3.17 bits per heavy atom. The SMILES string of the molecule is COc1cccc2cc(C(=O)N3CCc4nc(N)sc4C3)[nH]c12. The van der Waals surface area contributed by atoms with E-state index in [1.54, 1.807) is 7.11 Å².